The van der Waals surface area contributed by atoms with Gasteiger partial charge in [0.2, 0.25) is 5.91 Å². The number of anilines is 1. The number of H-pyrrole nitrogens is 1. The fraction of sp³-hybridized carbons (Fsp3) is 0.600. The van der Waals surface area contributed by atoms with Crippen LogP contribution >= 0.6 is 0 Å². The van der Waals surface area contributed by atoms with Gasteiger partial charge in [-0.15, -0.1) is 0 Å². The summed E-state index contributed by atoms with van der Waals surface area (Å²) in [6.07, 6.45) is 2.47. The number of aromatic nitrogens is 2. The number of carbonyl (C=O) groups excluding carboxylic acids is 1. The van der Waals surface area contributed by atoms with E-state index < -0.39 is 0 Å². The van der Waals surface area contributed by atoms with Gasteiger partial charge in [-0.3, -0.25) is 9.89 Å². The number of hydrogen-bond acceptors (Lipinski definition) is 2. The monoisotopic (exact) mass is 193 g/mol. The zero-order valence-electron chi connectivity index (χ0n) is 8.50. The Morgan fingerprint density at radius 2 is 2.36 bits per heavy atom. The van der Waals surface area contributed by atoms with Gasteiger partial charge in [-0.05, 0) is 12.8 Å². The third-order valence-corrected chi connectivity index (χ3v) is 2.39. The first kappa shape index (κ1) is 9.24. The van der Waals surface area contributed by atoms with Gasteiger partial charge >= 0.3 is 0 Å². The van der Waals surface area contributed by atoms with Gasteiger partial charge in [0.25, 0.3) is 0 Å². The molecule has 0 atom stereocenters. The molecule has 1 heterocycles. The molecule has 0 radical (unpaired) electrons. The van der Waals surface area contributed by atoms with E-state index in [2.05, 4.69) is 15.5 Å². The van der Waals surface area contributed by atoms with Crippen molar-refractivity contribution in [2.75, 3.05) is 5.32 Å². The lowest BCUT2D eigenvalue weighted by Crippen LogP contribution is -2.17. The lowest BCUT2D eigenvalue weighted by molar-refractivity contribution is -0.118. The number of carbonyl (C=O) groups is 1. The maximum absolute atomic E-state index is 11.3. The topological polar surface area (TPSA) is 57.8 Å². The highest BCUT2D eigenvalue weighted by Crippen LogP contribution is 2.39. The number of aromatic amines is 1. The van der Waals surface area contributed by atoms with Gasteiger partial charge in [0.15, 0.2) is 5.82 Å². The molecule has 1 aromatic rings. The second-order valence-corrected chi connectivity index (χ2v) is 4.13. The number of amides is 1. The Labute approximate surface area is 83.1 Å². The minimum Gasteiger partial charge on any atom is -0.309 e. The molecule has 2 N–H and O–H groups in total. The first-order valence-electron chi connectivity index (χ1n) is 5.03. The summed E-state index contributed by atoms with van der Waals surface area (Å²) in [7, 11) is 0. The molecular formula is C10H15N3O. The summed E-state index contributed by atoms with van der Waals surface area (Å²) in [5.41, 5.74) is 1.14. The van der Waals surface area contributed by atoms with Crippen LogP contribution in [0.2, 0.25) is 0 Å². The Balaban J connectivity index is 1.99. The SMILES string of the molecule is CC(C)C(=O)Nc1cc(C2CC2)[nH]n1. The van der Waals surface area contributed by atoms with Crippen LogP contribution in [-0.2, 0) is 4.79 Å². The molecule has 0 bridgehead atoms. The van der Waals surface area contributed by atoms with E-state index in [0.717, 1.165) is 5.69 Å². The van der Waals surface area contributed by atoms with Crippen molar-refractivity contribution in [2.45, 2.75) is 32.6 Å². The summed E-state index contributed by atoms with van der Waals surface area (Å²) in [6, 6.07) is 1.93. The van der Waals surface area contributed by atoms with Crippen molar-refractivity contribution in [3.05, 3.63) is 11.8 Å². The van der Waals surface area contributed by atoms with Crippen LogP contribution in [0.25, 0.3) is 0 Å². The van der Waals surface area contributed by atoms with Crippen molar-refractivity contribution in [1.29, 1.82) is 0 Å². The van der Waals surface area contributed by atoms with E-state index in [0.29, 0.717) is 11.7 Å². The van der Waals surface area contributed by atoms with E-state index in [1.807, 2.05) is 19.9 Å². The summed E-state index contributed by atoms with van der Waals surface area (Å²) in [4.78, 5) is 11.3. The zero-order valence-corrected chi connectivity index (χ0v) is 8.50. The van der Waals surface area contributed by atoms with Crippen molar-refractivity contribution >= 4 is 11.7 Å². The highest BCUT2D eigenvalue weighted by atomic mass is 16.1. The van der Waals surface area contributed by atoms with Crippen molar-refractivity contribution in [3.63, 3.8) is 0 Å². The van der Waals surface area contributed by atoms with Crippen LogP contribution in [-0.4, -0.2) is 16.1 Å². The highest BCUT2D eigenvalue weighted by Gasteiger charge is 2.25. The van der Waals surface area contributed by atoms with E-state index in [1.165, 1.54) is 12.8 Å². The lowest BCUT2D eigenvalue weighted by atomic mass is 10.2. The third-order valence-electron chi connectivity index (χ3n) is 2.39. The molecule has 14 heavy (non-hydrogen) atoms. The Kier molecular flexibility index (Phi) is 2.27. The molecule has 1 saturated carbocycles. The maximum Gasteiger partial charge on any atom is 0.228 e. The molecule has 4 nitrogen and oxygen atoms in total. The minimum atomic E-state index is -0.00363. The quantitative estimate of drug-likeness (QED) is 0.770. The van der Waals surface area contributed by atoms with E-state index in [-0.39, 0.29) is 11.8 Å². The van der Waals surface area contributed by atoms with E-state index >= 15 is 0 Å². The Hall–Kier alpha value is -1.32. The molecule has 2 rings (SSSR count). The predicted octanol–water partition coefficient (Wildman–Crippen LogP) is 1.88. The van der Waals surface area contributed by atoms with Gasteiger partial charge in [-0.2, -0.15) is 5.10 Å². The zero-order chi connectivity index (χ0) is 10.1. The van der Waals surface area contributed by atoms with Gasteiger partial charge in [-0.25, -0.2) is 0 Å². The number of nitrogens with one attached hydrogen (secondary N) is 2. The van der Waals surface area contributed by atoms with Crippen LogP contribution in [0.15, 0.2) is 6.07 Å². The molecule has 1 amide bonds. The number of hydrogen-bond donors (Lipinski definition) is 2. The van der Waals surface area contributed by atoms with Gasteiger partial charge in [0.1, 0.15) is 0 Å². The molecule has 0 saturated heterocycles. The second kappa shape index (κ2) is 3.44. The van der Waals surface area contributed by atoms with Crippen molar-refractivity contribution in [2.24, 2.45) is 5.92 Å². The molecule has 4 heteroatoms. The molecule has 1 aliphatic carbocycles. The number of nitrogens with zero attached hydrogens (tertiary/aromatic N) is 1. The summed E-state index contributed by atoms with van der Waals surface area (Å²) >= 11 is 0. The fourth-order valence-corrected chi connectivity index (χ4v) is 1.27. The average Bonchev–Trinajstić information content (AvgIpc) is 2.88. The third kappa shape index (κ3) is 1.95. The van der Waals surface area contributed by atoms with Crippen LogP contribution in [0.3, 0.4) is 0 Å². The lowest BCUT2D eigenvalue weighted by Gasteiger charge is -2.02. The van der Waals surface area contributed by atoms with Crippen LogP contribution in [0.1, 0.15) is 38.3 Å². The molecule has 76 valence electrons. The van der Waals surface area contributed by atoms with Gasteiger partial charge in [-0.1, -0.05) is 13.8 Å². The second-order valence-electron chi connectivity index (χ2n) is 4.13. The summed E-state index contributed by atoms with van der Waals surface area (Å²) in [6.45, 7) is 3.73. The minimum absolute atomic E-state index is 0.00363. The highest BCUT2D eigenvalue weighted by molar-refractivity contribution is 5.91. The van der Waals surface area contributed by atoms with Crippen LogP contribution in [0.4, 0.5) is 5.82 Å². The molecule has 0 spiro atoms. The van der Waals surface area contributed by atoms with Gasteiger partial charge in [0.05, 0.1) is 0 Å². The molecule has 1 aromatic heterocycles. The van der Waals surface area contributed by atoms with Crippen molar-refractivity contribution in [3.8, 4) is 0 Å². The summed E-state index contributed by atoms with van der Waals surface area (Å²) < 4.78 is 0. The van der Waals surface area contributed by atoms with Gasteiger partial charge in [0, 0.05) is 23.6 Å². The Bertz CT molecular complexity index is 339. The molecule has 0 unspecified atom stereocenters. The largest absolute Gasteiger partial charge is 0.309 e. The van der Waals surface area contributed by atoms with Crippen LogP contribution in [0.5, 0.6) is 0 Å². The molecule has 1 fully saturated rings. The molecule has 0 aromatic carbocycles. The standard InChI is InChI=1S/C10H15N3O/c1-6(2)10(14)11-9-5-8(12-13-9)7-3-4-7/h5-7H,3-4H2,1-2H3,(H2,11,12,13,14). The predicted molar refractivity (Wildman–Crippen MR) is 54.0 cm³/mol. The molecular weight excluding hydrogens is 178 g/mol. The average molecular weight is 193 g/mol. The molecule has 0 aliphatic heterocycles. The Morgan fingerprint density at radius 3 is 2.93 bits per heavy atom. The Morgan fingerprint density at radius 1 is 1.64 bits per heavy atom. The van der Waals surface area contributed by atoms with Crippen LogP contribution in [0, 0.1) is 5.92 Å². The summed E-state index contributed by atoms with van der Waals surface area (Å²) in [5.74, 6) is 1.30. The van der Waals surface area contributed by atoms with Crippen molar-refractivity contribution < 1.29 is 4.79 Å². The van der Waals surface area contributed by atoms with Gasteiger partial charge < -0.3 is 5.32 Å². The summed E-state index contributed by atoms with van der Waals surface area (Å²) in [5, 5.41) is 9.75. The normalized spacial score (nSPS) is 15.9. The van der Waals surface area contributed by atoms with Crippen LogP contribution < -0.4 is 5.32 Å². The first-order valence-corrected chi connectivity index (χ1v) is 5.03. The van der Waals surface area contributed by atoms with E-state index in [1.54, 1.807) is 0 Å². The fourth-order valence-electron chi connectivity index (χ4n) is 1.27. The van der Waals surface area contributed by atoms with Crippen molar-refractivity contribution in [1.82, 2.24) is 10.2 Å². The van der Waals surface area contributed by atoms with E-state index in [4.69, 9.17) is 0 Å². The maximum atomic E-state index is 11.3. The molecule has 1 aliphatic rings. The van der Waals surface area contributed by atoms with E-state index in [9.17, 15) is 4.79 Å². The number of rotatable bonds is 3. The first-order chi connectivity index (χ1) is 6.66. The smallest absolute Gasteiger partial charge is 0.228 e.